The molecule has 1 aliphatic rings. The van der Waals surface area contributed by atoms with Gasteiger partial charge in [0.05, 0.1) is 5.56 Å². The van der Waals surface area contributed by atoms with Crippen LogP contribution in [-0.2, 0) is 6.42 Å². The van der Waals surface area contributed by atoms with Crippen molar-refractivity contribution in [2.75, 3.05) is 11.4 Å². The molecular weight excluding hydrogens is 268 g/mol. The fourth-order valence-electron chi connectivity index (χ4n) is 2.55. The molecule has 110 valence electrons. The molecule has 0 bridgehead atoms. The molecule has 1 aliphatic heterocycles. The highest BCUT2D eigenvalue weighted by Crippen LogP contribution is 2.30. The zero-order chi connectivity index (χ0) is 15.4. The number of carboxylic acid groups (broad SMARTS) is 1. The number of aromatic carboxylic acids is 1. The third-order valence-corrected chi connectivity index (χ3v) is 3.52. The second kappa shape index (κ2) is 6.31. The normalized spacial score (nSPS) is 14.8. The summed E-state index contributed by atoms with van der Waals surface area (Å²) in [6, 6.07) is 4.67. The summed E-state index contributed by atoms with van der Waals surface area (Å²) in [7, 11) is 0. The van der Waals surface area contributed by atoms with Crippen molar-refractivity contribution in [3.05, 3.63) is 29.3 Å². The lowest BCUT2D eigenvalue weighted by molar-refractivity contribution is 0.0695. The summed E-state index contributed by atoms with van der Waals surface area (Å²) < 4.78 is 0. The lowest BCUT2D eigenvalue weighted by Crippen LogP contribution is -2.46. The van der Waals surface area contributed by atoms with E-state index in [1.807, 2.05) is 6.92 Å². The number of carbonyl (C=O) groups excluding carboxylic acids is 1. The Balaban J connectivity index is 2.26. The predicted molar refractivity (Wildman–Crippen MR) is 80.5 cm³/mol. The molecule has 2 N–H and O–H groups in total. The van der Waals surface area contributed by atoms with Gasteiger partial charge in [0.25, 0.3) is 0 Å². The van der Waals surface area contributed by atoms with E-state index >= 15 is 0 Å². The molecule has 1 unspecified atom stereocenters. The Morgan fingerprint density at radius 2 is 2.29 bits per heavy atom. The van der Waals surface area contributed by atoms with Crippen molar-refractivity contribution in [1.29, 1.82) is 0 Å². The number of hydrogen-bond acceptors (Lipinski definition) is 2. The van der Waals surface area contributed by atoms with E-state index in [1.165, 1.54) is 0 Å². The molecule has 0 aliphatic carbocycles. The number of rotatable bonds is 3. The molecule has 0 saturated carbocycles. The van der Waals surface area contributed by atoms with Crippen molar-refractivity contribution in [3.8, 4) is 12.3 Å². The second-order valence-corrected chi connectivity index (χ2v) is 5.12. The molecule has 0 aromatic heterocycles. The van der Waals surface area contributed by atoms with Gasteiger partial charge in [-0.25, -0.2) is 9.59 Å². The molecule has 21 heavy (non-hydrogen) atoms. The van der Waals surface area contributed by atoms with Gasteiger partial charge in [-0.15, -0.1) is 12.3 Å². The van der Waals surface area contributed by atoms with E-state index in [9.17, 15) is 14.7 Å². The molecule has 1 atom stereocenters. The topological polar surface area (TPSA) is 69.6 Å². The van der Waals surface area contributed by atoms with E-state index < -0.39 is 5.97 Å². The number of benzene rings is 1. The largest absolute Gasteiger partial charge is 0.478 e. The third kappa shape index (κ3) is 3.16. The first-order valence-electron chi connectivity index (χ1n) is 6.91. The van der Waals surface area contributed by atoms with Gasteiger partial charge in [-0.1, -0.05) is 6.07 Å². The maximum absolute atomic E-state index is 12.3. The van der Waals surface area contributed by atoms with Crippen LogP contribution in [0.25, 0.3) is 0 Å². The highest BCUT2D eigenvalue weighted by Gasteiger charge is 2.26. The van der Waals surface area contributed by atoms with Crippen LogP contribution in [0, 0.1) is 12.3 Å². The van der Waals surface area contributed by atoms with Crippen molar-refractivity contribution in [2.45, 2.75) is 32.2 Å². The minimum atomic E-state index is -0.963. The summed E-state index contributed by atoms with van der Waals surface area (Å²) >= 11 is 0. The molecule has 0 radical (unpaired) electrons. The van der Waals surface area contributed by atoms with Gasteiger partial charge < -0.3 is 10.4 Å². The van der Waals surface area contributed by atoms with Gasteiger partial charge >= 0.3 is 12.0 Å². The van der Waals surface area contributed by atoms with Gasteiger partial charge in [-0.2, -0.15) is 0 Å². The summed E-state index contributed by atoms with van der Waals surface area (Å²) in [6.45, 7) is 2.42. The number of hydrogen-bond donors (Lipinski definition) is 2. The number of nitrogens with one attached hydrogen (secondary N) is 1. The minimum absolute atomic E-state index is 0.115. The van der Waals surface area contributed by atoms with Crippen molar-refractivity contribution < 1.29 is 14.7 Å². The second-order valence-electron chi connectivity index (χ2n) is 5.12. The zero-order valence-electron chi connectivity index (χ0n) is 11.9. The highest BCUT2D eigenvalue weighted by molar-refractivity contribution is 5.97. The summed E-state index contributed by atoms with van der Waals surface area (Å²) in [5.41, 5.74) is 1.66. The molecular formula is C16H18N2O3. The van der Waals surface area contributed by atoms with E-state index in [4.69, 9.17) is 6.42 Å². The first-order chi connectivity index (χ1) is 10.0. The van der Waals surface area contributed by atoms with Gasteiger partial charge in [0.15, 0.2) is 0 Å². The monoisotopic (exact) mass is 286 g/mol. The smallest absolute Gasteiger partial charge is 0.336 e. The summed E-state index contributed by atoms with van der Waals surface area (Å²) in [5, 5.41) is 12.1. The van der Waals surface area contributed by atoms with Gasteiger partial charge in [0, 0.05) is 24.7 Å². The minimum Gasteiger partial charge on any atom is -0.478 e. The Bertz CT molecular complexity index is 604. The molecule has 1 aromatic carbocycles. The number of urea groups is 1. The molecule has 2 rings (SSSR count). The Labute approximate surface area is 124 Å². The summed E-state index contributed by atoms with van der Waals surface area (Å²) in [4.78, 5) is 25.2. The van der Waals surface area contributed by atoms with Crippen molar-refractivity contribution in [1.82, 2.24) is 5.32 Å². The van der Waals surface area contributed by atoms with Gasteiger partial charge in [0.1, 0.15) is 0 Å². The molecule has 5 heteroatoms. The number of anilines is 1. The first-order valence-corrected chi connectivity index (χ1v) is 6.91. The van der Waals surface area contributed by atoms with Crippen molar-refractivity contribution in [3.63, 3.8) is 0 Å². The average Bonchev–Trinajstić information content (AvgIpc) is 2.45. The lowest BCUT2D eigenvalue weighted by Gasteiger charge is -2.31. The Morgan fingerprint density at radius 3 is 2.95 bits per heavy atom. The number of amides is 2. The number of carbonyl (C=O) groups is 2. The predicted octanol–water partition coefficient (Wildman–Crippen LogP) is 2.26. The number of carboxylic acids is 1. The van der Waals surface area contributed by atoms with E-state index in [0.717, 1.165) is 12.0 Å². The van der Waals surface area contributed by atoms with Gasteiger partial charge in [-0.3, -0.25) is 4.90 Å². The van der Waals surface area contributed by atoms with E-state index in [-0.39, 0.29) is 17.6 Å². The number of nitrogens with zero attached hydrogens (tertiary/aromatic N) is 1. The van der Waals surface area contributed by atoms with Crippen LogP contribution in [0.5, 0.6) is 0 Å². The van der Waals surface area contributed by atoms with Crippen LogP contribution < -0.4 is 10.2 Å². The van der Waals surface area contributed by atoms with E-state index in [1.54, 1.807) is 23.1 Å². The van der Waals surface area contributed by atoms with E-state index in [2.05, 4.69) is 11.2 Å². The number of terminal acetylenes is 1. The maximum Gasteiger partial charge on any atom is 0.336 e. The SMILES string of the molecule is C#CCC(C)NC(=O)N1CCCc2c(C(=O)O)cccc21. The fraction of sp³-hybridized carbons (Fsp3) is 0.375. The highest BCUT2D eigenvalue weighted by atomic mass is 16.4. The summed E-state index contributed by atoms with van der Waals surface area (Å²) in [6.07, 6.45) is 7.11. The van der Waals surface area contributed by atoms with Crippen LogP contribution in [0.1, 0.15) is 35.7 Å². The maximum atomic E-state index is 12.3. The molecule has 0 saturated heterocycles. The van der Waals surface area contributed by atoms with E-state index in [0.29, 0.717) is 25.1 Å². The standard InChI is InChI=1S/C16H18N2O3/c1-3-6-11(2)17-16(21)18-10-5-8-12-13(15(19)20)7-4-9-14(12)18/h1,4,7,9,11H,5-6,8,10H2,2H3,(H,17,21)(H,19,20). The molecule has 0 fully saturated rings. The first kappa shape index (κ1) is 14.9. The van der Waals surface area contributed by atoms with Crippen molar-refractivity contribution in [2.24, 2.45) is 0 Å². The molecule has 2 amide bonds. The van der Waals surface area contributed by atoms with Crippen LogP contribution in [0.4, 0.5) is 10.5 Å². The third-order valence-electron chi connectivity index (χ3n) is 3.52. The zero-order valence-corrected chi connectivity index (χ0v) is 11.9. The number of fused-ring (bicyclic) bond motifs is 1. The average molecular weight is 286 g/mol. The summed E-state index contributed by atoms with van der Waals surface area (Å²) in [5.74, 6) is 1.54. The molecule has 5 nitrogen and oxygen atoms in total. The van der Waals surface area contributed by atoms with Crippen LogP contribution in [0.2, 0.25) is 0 Å². The Morgan fingerprint density at radius 1 is 1.52 bits per heavy atom. The van der Waals surface area contributed by atoms with Gasteiger partial charge in [-0.05, 0) is 37.5 Å². The molecule has 1 heterocycles. The van der Waals surface area contributed by atoms with Crippen LogP contribution in [0.15, 0.2) is 18.2 Å². The Kier molecular flexibility index (Phi) is 4.49. The molecule has 0 spiro atoms. The van der Waals surface area contributed by atoms with Crippen LogP contribution in [-0.4, -0.2) is 29.7 Å². The van der Waals surface area contributed by atoms with Crippen molar-refractivity contribution >= 4 is 17.7 Å². The van der Waals surface area contributed by atoms with Crippen LogP contribution >= 0.6 is 0 Å². The molecule has 1 aromatic rings. The Hall–Kier alpha value is -2.48. The fourth-order valence-corrected chi connectivity index (χ4v) is 2.55. The quantitative estimate of drug-likeness (QED) is 0.837. The lowest BCUT2D eigenvalue weighted by atomic mass is 9.96. The van der Waals surface area contributed by atoms with Gasteiger partial charge in [0.2, 0.25) is 0 Å². The van der Waals surface area contributed by atoms with Crippen LogP contribution in [0.3, 0.4) is 0 Å².